The van der Waals surface area contributed by atoms with Gasteiger partial charge < -0.3 is 19.5 Å². The minimum absolute atomic E-state index is 0.193. The molecule has 2 N–H and O–H groups in total. The molecule has 0 amide bonds. The fourth-order valence-corrected chi connectivity index (χ4v) is 5.23. The van der Waals surface area contributed by atoms with Gasteiger partial charge in [-0.3, -0.25) is 4.79 Å². The van der Waals surface area contributed by atoms with E-state index in [0.29, 0.717) is 17.4 Å². The van der Waals surface area contributed by atoms with E-state index >= 15 is 0 Å². The molecule has 12 heteroatoms. The van der Waals surface area contributed by atoms with Crippen molar-refractivity contribution in [2.75, 3.05) is 27.2 Å². The van der Waals surface area contributed by atoms with Crippen molar-refractivity contribution in [3.05, 3.63) is 29.8 Å². The average molecular weight is 497 g/mol. The third-order valence-corrected chi connectivity index (χ3v) is 6.90. The molecule has 1 atom stereocenters. The lowest BCUT2D eigenvalue weighted by atomic mass is 9.96. The Balaban J connectivity index is 0.000000675. The molecule has 1 aromatic carbocycles. The molecular weight excluding hydrogens is 465 g/mol. The topological polar surface area (TPSA) is 124 Å². The molecule has 0 bridgehead atoms. The summed E-state index contributed by atoms with van der Waals surface area (Å²) in [5.41, 5.74) is 0.185. The van der Waals surface area contributed by atoms with Gasteiger partial charge in [-0.05, 0) is 30.5 Å². The molecule has 2 rings (SSSR count). The first kappa shape index (κ1) is 28.9. The number of halogens is 3. The summed E-state index contributed by atoms with van der Waals surface area (Å²) in [4.78, 5) is 20.3. The number of aliphatic carboxylic acids is 2. The van der Waals surface area contributed by atoms with Gasteiger partial charge in [-0.25, -0.2) is 8.42 Å². The molecule has 1 fully saturated rings. The van der Waals surface area contributed by atoms with Gasteiger partial charge in [-0.2, -0.15) is 17.9 Å². The standard InChI is InChI=1S/C19H30N2O4S.C2HF3O2/c1-4-5-6-7-16-8-10-17(11-9-16)26(24,25)20-19(14-18(22)23)12-13-21(2,3)15-19;3-2(4,5)1(6)7/h8-11,20H,4-7,12-15H2,1-3H3;(H,6,7). The van der Waals surface area contributed by atoms with Crippen molar-refractivity contribution < 1.29 is 45.9 Å². The molecule has 188 valence electrons. The summed E-state index contributed by atoms with van der Waals surface area (Å²) in [7, 11) is 0.215. The van der Waals surface area contributed by atoms with Crippen LogP contribution in [-0.2, 0) is 26.0 Å². The van der Waals surface area contributed by atoms with Gasteiger partial charge in [-0.15, -0.1) is 0 Å². The first-order valence-electron chi connectivity index (χ1n) is 10.5. The van der Waals surface area contributed by atoms with E-state index in [0.717, 1.165) is 37.8 Å². The van der Waals surface area contributed by atoms with Gasteiger partial charge in [0, 0.05) is 6.42 Å². The van der Waals surface area contributed by atoms with E-state index in [1.54, 1.807) is 12.1 Å². The zero-order valence-corrected chi connectivity index (χ0v) is 19.8. The number of sulfonamides is 1. The first-order valence-corrected chi connectivity index (χ1v) is 12.0. The van der Waals surface area contributed by atoms with Gasteiger partial charge in [0.2, 0.25) is 10.0 Å². The second-order valence-corrected chi connectivity index (χ2v) is 10.6. The van der Waals surface area contributed by atoms with Crippen LogP contribution in [0.25, 0.3) is 0 Å². The summed E-state index contributed by atoms with van der Waals surface area (Å²) in [6, 6.07) is 6.94. The first-order chi connectivity index (χ1) is 15.0. The van der Waals surface area contributed by atoms with Crippen molar-refractivity contribution in [2.24, 2.45) is 0 Å². The van der Waals surface area contributed by atoms with E-state index in [1.807, 2.05) is 26.2 Å². The van der Waals surface area contributed by atoms with Crippen LogP contribution in [0.2, 0.25) is 0 Å². The fourth-order valence-electron chi connectivity index (χ4n) is 3.81. The van der Waals surface area contributed by atoms with Crippen molar-refractivity contribution in [1.29, 1.82) is 0 Å². The Bertz CT molecular complexity index is 917. The quantitative estimate of drug-likeness (QED) is 0.396. The van der Waals surface area contributed by atoms with Crippen molar-refractivity contribution in [2.45, 2.75) is 62.1 Å². The molecule has 8 nitrogen and oxygen atoms in total. The summed E-state index contributed by atoms with van der Waals surface area (Å²) in [6.45, 7) is 3.36. The maximum absolute atomic E-state index is 12.8. The normalized spacial score (nSPS) is 20.1. The molecule has 0 radical (unpaired) electrons. The van der Waals surface area contributed by atoms with E-state index in [2.05, 4.69) is 11.6 Å². The molecule has 1 aromatic rings. The number of unbranched alkanes of at least 4 members (excludes halogenated alkanes) is 2. The molecule has 0 aliphatic carbocycles. The van der Waals surface area contributed by atoms with Crippen LogP contribution in [0.3, 0.4) is 0 Å². The van der Waals surface area contributed by atoms with Crippen LogP contribution in [-0.4, -0.2) is 68.8 Å². The van der Waals surface area contributed by atoms with Crippen LogP contribution in [0.5, 0.6) is 0 Å². The summed E-state index contributed by atoms with van der Waals surface area (Å²) in [5, 5.41) is 18.1. The Morgan fingerprint density at radius 3 is 2.12 bits per heavy atom. The fraction of sp³-hybridized carbons (Fsp3) is 0.619. The Morgan fingerprint density at radius 2 is 1.73 bits per heavy atom. The number of nitrogens with one attached hydrogen (secondary N) is 1. The molecule has 1 unspecified atom stereocenters. The van der Waals surface area contributed by atoms with E-state index in [4.69, 9.17) is 9.90 Å². The highest BCUT2D eigenvalue weighted by atomic mass is 32.2. The van der Waals surface area contributed by atoms with E-state index in [1.165, 1.54) is 0 Å². The van der Waals surface area contributed by atoms with Crippen molar-refractivity contribution >= 4 is 22.0 Å². The lowest BCUT2D eigenvalue weighted by Gasteiger charge is -2.30. The number of carboxylic acid groups (broad SMARTS) is 2. The maximum atomic E-state index is 12.8. The highest BCUT2D eigenvalue weighted by Crippen LogP contribution is 2.30. The van der Waals surface area contributed by atoms with Gasteiger partial charge in [0.25, 0.3) is 0 Å². The van der Waals surface area contributed by atoms with Gasteiger partial charge in [-0.1, -0.05) is 31.9 Å². The van der Waals surface area contributed by atoms with Crippen LogP contribution >= 0.6 is 0 Å². The number of carbonyl (C=O) groups is 2. The zero-order valence-electron chi connectivity index (χ0n) is 18.9. The minimum atomic E-state index is -5.19. The highest BCUT2D eigenvalue weighted by molar-refractivity contribution is 7.89. The molecule has 0 aromatic heterocycles. The lowest BCUT2D eigenvalue weighted by Crippen LogP contribution is -2.53. The summed E-state index contributed by atoms with van der Waals surface area (Å²) in [5.74, 6) is -3.99. The molecule has 33 heavy (non-hydrogen) atoms. The number of rotatable bonds is 9. The lowest BCUT2D eigenvalue weighted by molar-refractivity contribution is -0.879. The predicted molar refractivity (Wildman–Crippen MR) is 112 cm³/mol. The zero-order chi connectivity index (χ0) is 25.5. The van der Waals surface area contributed by atoms with Crippen molar-refractivity contribution in [3.63, 3.8) is 0 Å². The SMILES string of the molecule is CCCCCc1ccc(S(=O)(=O)NC2(CC(=O)O)CC[N+](C)(C)C2)cc1.O=C([O-])C(F)(F)F. The highest BCUT2D eigenvalue weighted by Gasteiger charge is 2.48. The Kier molecular flexibility index (Phi) is 9.88. The van der Waals surface area contributed by atoms with Gasteiger partial charge in [0.05, 0.1) is 44.0 Å². The smallest absolute Gasteiger partial charge is 0.430 e. The number of hydrogen-bond donors (Lipinski definition) is 2. The molecule has 0 spiro atoms. The van der Waals surface area contributed by atoms with Gasteiger partial charge >= 0.3 is 12.1 Å². The molecule has 1 aliphatic heterocycles. The largest absolute Gasteiger partial charge is 0.542 e. The molecule has 1 saturated heterocycles. The van der Waals surface area contributed by atoms with Gasteiger partial charge in [0.1, 0.15) is 5.97 Å². The van der Waals surface area contributed by atoms with Crippen molar-refractivity contribution in [3.8, 4) is 0 Å². The average Bonchev–Trinajstić information content (AvgIpc) is 2.94. The number of hydrogen-bond acceptors (Lipinski definition) is 5. The number of benzene rings is 1. The van der Waals surface area contributed by atoms with E-state index < -0.39 is 33.7 Å². The van der Waals surface area contributed by atoms with E-state index in [-0.39, 0.29) is 11.3 Å². The predicted octanol–water partition coefficient (Wildman–Crippen LogP) is 1.69. The number of likely N-dealkylation sites (tertiary alicyclic amines) is 1. The molecular formula is C21H31F3N2O6S. The van der Waals surface area contributed by atoms with Crippen LogP contribution in [0.1, 0.15) is 44.6 Å². The van der Waals surface area contributed by atoms with Crippen LogP contribution in [0.4, 0.5) is 13.2 Å². The number of aryl methyl sites for hydroxylation is 1. The Labute approximate surface area is 192 Å². The Morgan fingerprint density at radius 1 is 1.18 bits per heavy atom. The molecule has 1 aliphatic rings. The Hall–Kier alpha value is -2.18. The third kappa shape index (κ3) is 9.68. The summed E-state index contributed by atoms with van der Waals surface area (Å²) < 4.78 is 60.6. The summed E-state index contributed by atoms with van der Waals surface area (Å²) >= 11 is 0. The number of carbonyl (C=O) groups excluding carboxylic acids is 1. The van der Waals surface area contributed by atoms with Crippen molar-refractivity contribution in [1.82, 2.24) is 4.72 Å². The molecule has 0 saturated carbocycles. The summed E-state index contributed by atoms with van der Waals surface area (Å²) in [6.07, 6.45) is -0.542. The van der Waals surface area contributed by atoms with Crippen LogP contribution < -0.4 is 9.83 Å². The van der Waals surface area contributed by atoms with Gasteiger partial charge in [0.15, 0.2) is 0 Å². The number of alkyl halides is 3. The number of nitrogens with zero attached hydrogens (tertiary/aromatic N) is 1. The minimum Gasteiger partial charge on any atom is -0.542 e. The van der Waals surface area contributed by atoms with E-state index in [9.17, 15) is 31.5 Å². The third-order valence-electron chi connectivity index (χ3n) is 5.30. The second-order valence-electron chi connectivity index (χ2n) is 8.91. The number of quaternary nitrogens is 1. The van der Waals surface area contributed by atoms with Crippen LogP contribution in [0, 0.1) is 0 Å². The number of carboxylic acids is 2. The van der Waals surface area contributed by atoms with Crippen LogP contribution in [0.15, 0.2) is 29.2 Å². The number of likely N-dealkylation sites (N-methyl/N-ethyl adjacent to an activating group) is 1. The molecule has 1 heterocycles. The monoisotopic (exact) mass is 496 g/mol. The maximum Gasteiger partial charge on any atom is 0.430 e. The second kappa shape index (κ2) is 11.3.